The lowest BCUT2D eigenvalue weighted by molar-refractivity contribution is -0.137. The number of ether oxygens (including phenoxy) is 1. The Hall–Kier alpha value is -3.24. The predicted molar refractivity (Wildman–Crippen MR) is 98.6 cm³/mol. The van der Waals surface area contributed by atoms with Gasteiger partial charge in [0, 0.05) is 11.1 Å². The fourth-order valence-corrected chi connectivity index (χ4v) is 2.84. The summed E-state index contributed by atoms with van der Waals surface area (Å²) in [5.41, 5.74) is 2.26. The molecule has 10 heteroatoms. The molecule has 2 aromatic carbocycles. The largest absolute Gasteiger partial charge is 0.416 e. The number of hydrogen-bond donors (Lipinski definition) is 2. The Morgan fingerprint density at radius 1 is 1.07 bits per heavy atom. The number of aromatic nitrogens is 5. The number of nitrogens with zero attached hydrogens (tertiary/aromatic N) is 4. The van der Waals surface area contributed by atoms with E-state index >= 15 is 0 Å². The van der Waals surface area contributed by atoms with Gasteiger partial charge in [0.15, 0.2) is 0 Å². The Morgan fingerprint density at radius 2 is 1.83 bits per heavy atom. The summed E-state index contributed by atoms with van der Waals surface area (Å²) in [4.78, 5) is 7.30. The molecule has 0 amide bonds. The van der Waals surface area contributed by atoms with Crippen LogP contribution in [0.1, 0.15) is 5.56 Å². The summed E-state index contributed by atoms with van der Waals surface area (Å²) in [6.45, 7) is 0.332. The van der Waals surface area contributed by atoms with Crippen molar-refractivity contribution in [1.82, 2.24) is 25.0 Å². The first-order valence-electron chi connectivity index (χ1n) is 8.70. The number of rotatable bonds is 6. The number of nitrogens with one attached hydrogen (secondary N) is 1. The number of aromatic amines is 1. The van der Waals surface area contributed by atoms with Gasteiger partial charge in [0.1, 0.15) is 18.2 Å². The SMILES string of the molecule is OCCOCn1cc(-c2ccc(-c3nc4ccc(C(F)(F)F)cc4[nH]3)cc2)nn1. The Kier molecular flexibility index (Phi) is 5.03. The highest BCUT2D eigenvalue weighted by atomic mass is 19.4. The van der Waals surface area contributed by atoms with Crippen LogP contribution in [0.4, 0.5) is 13.2 Å². The molecule has 0 aliphatic carbocycles. The minimum atomic E-state index is -4.40. The van der Waals surface area contributed by atoms with Gasteiger partial charge in [0.05, 0.1) is 36.0 Å². The number of fused-ring (bicyclic) bond motifs is 1. The normalized spacial score (nSPS) is 12.0. The summed E-state index contributed by atoms with van der Waals surface area (Å²) in [7, 11) is 0. The average Bonchev–Trinajstić information content (AvgIpc) is 3.34. The molecule has 0 saturated heterocycles. The van der Waals surface area contributed by atoms with Crippen LogP contribution < -0.4 is 0 Å². The van der Waals surface area contributed by atoms with Gasteiger partial charge in [-0.1, -0.05) is 29.5 Å². The number of imidazole rings is 1. The number of alkyl halides is 3. The van der Waals surface area contributed by atoms with Crippen LogP contribution in [0.2, 0.25) is 0 Å². The number of aliphatic hydroxyl groups is 1. The average molecular weight is 403 g/mol. The van der Waals surface area contributed by atoms with Gasteiger partial charge in [0.25, 0.3) is 0 Å². The number of benzene rings is 2. The van der Waals surface area contributed by atoms with Crippen LogP contribution in [-0.4, -0.2) is 43.3 Å². The van der Waals surface area contributed by atoms with Gasteiger partial charge in [0.2, 0.25) is 0 Å². The van der Waals surface area contributed by atoms with Crippen LogP contribution in [0.3, 0.4) is 0 Å². The maximum absolute atomic E-state index is 12.9. The third kappa shape index (κ3) is 4.13. The predicted octanol–water partition coefficient (Wildman–Crippen LogP) is 3.47. The van der Waals surface area contributed by atoms with E-state index in [-0.39, 0.29) is 19.9 Å². The van der Waals surface area contributed by atoms with Crippen molar-refractivity contribution >= 4 is 11.0 Å². The summed E-state index contributed by atoms with van der Waals surface area (Å²) in [5, 5.41) is 16.7. The summed E-state index contributed by atoms with van der Waals surface area (Å²) in [5.74, 6) is 0.479. The zero-order chi connectivity index (χ0) is 20.4. The molecule has 150 valence electrons. The van der Waals surface area contributed by atoms with E-state index in [1.807, 2.05) is 12.1 Å². The molecule has 2 aromatic heterocycles. The summed E-state index contributed by atoms with van der Waals surface area (Å²) in [6, 6.07) is 10.7. The van der Waals surface area contributed by atoms with E-state index in [1.54, 1.807) is 18.3 Å². The maximum Gasteiger partial charge on any atom is 0.416 e. The maximum atomic E-state index is 12.9. The summed E-state index contributed by atoms with van der Waals surface area (Å²) in [6.07, 6.45) is -2.69. The molecule has 0 fully saturated rings. The molecule has 0 saturated carbocycles. The molecular weight excluding hydrogens is 387 g/mol. The van der Waals surface area contributed by atoms with E-state index in [2.05, 4.69) is 20.3 Å². The highest BCUT2D eigenvalue weighted by molar-refractivity contribution is 5.80. The van der Waals surface area contributed by atoms with Crippen LogP contribution >= 0.6 is 0 Å². The van der Waals surface area contributed by atoms with E-state index in [1.165, 1.54) is 10.7 Å². The quantitative estimate of drug-likeness (QED) is 0.481. The van der Waals surface area contributed by atoms with Crippen molar-refractivity contribution in [3.63, 3.8) is 0 Å². The van der Waals surface area contributed by atoms with Crippen molar-refractivity contribution in [1.29, 1.82) is 0 Å². The molecule has 29 heavy (non-hydrogen) atoms. The van der Waals surface area contributed by atoms with Gasteiger partial charge < -0.3 is 14.8 Å². The van der Waals surface area contributed by atoms with E-state index in [0.717, 1.165) is 23.3 Å². The fourth-order valence-electron chi connectivity index (χ4n) is 2.84. The third-order valence-corrected chi connectivity index (χ3v) is 4.26. The Balaban J connectivity index is 1.55. The Bertz CT molecular complexity index is 1120. The topological polar surface area (TPSA) is 88.9 Å². The van der Waals surface area contributed by atoms with E-state index in [9.17, 15) is 13.2 Å². The zero-order valence-electron chi connectivity index (χ0n) is 15.0. The van der Waals surface area contributed by atoms with E-state index < -0.39 is 11.7 Å². The monoisotopic (exact) mass is 403 g/mol. The molecule has 7 nitrogen and oxygen atoms in total. The van der Waals surface area contributed by atoms with Crippen molar-refractivity contribution in [3.05, 3.63) is 54.2 Å². The standard InChI is InChI=1S/C19H16F3N5O2/c20-19(21,22)14-5-6-15-16(9-14)24-18(23-15)13-3-1-12(2-4-13)17-10-27(26-25-17)11-29-8-7-28/h1-6,9-10,28H,7-8,11H2,(H,23,24). The molecule has 2 heterocycles. The van der Waals surface area contributed by atoms with Crippen molar-refractivity contribution in [3.8, 4) is 22.6 Å². The Morgan fingerprint density at radius 3 is 2.55 bits per heavy atom. The first-order chi connectivity index (χ1) is 13.9. The number of aliphatic hydroxyl groups excluding tert-OH is 1. The van der Waals surface area contributed by atoms with Crippen LogP contribution in [0.5, 0.6) is 0 Å². The van der Waals surface area contributed by atoms with Gasteiger partial charge in [-0.05, 0) is 18.2 Å². The highest BCUT2D eigenvalue weighted by Gasteiger charge is 2.30. The Labute approximate surface area is 162 Å². The molecule has 0 atom stereocenters. The van der Waals surface area contributed by atoms with Gasteiger partial charge in [-0.3, -0.25) is 0 Å². The number of H-pyrrole nitrogens is 1. The second-order valence-electron chi connectivity index (χ2n) is 6.30. The molecule has 0 spiro atoms. The van der Waals surface area contributed by atoms with Crippen LogP contribution in [0.15, 0.2) is 48.7 Å². The van der Waals surface area contributed by atoms with Gasteiger partial charge >= 0.3 is 6.18 Å². The molecule has 0 radical (unpaired) electrons. The molecule has 0 aliphatic rings. The van der Waals surface area contributed by atoms with Crippen LogP contribution in [0, 0.1) is 0 Å². The van der Waals surface area contributed by atoms with E-state index in [0.29, 0.717) is 22.6 Å². The molecule has 2 N–H and O–H groups in total. The van der Waals surface area contributed by atoms with Crippen LogP contribution in [-0.2, 0) is 17.6 Å². The molecule has 0 bridgehead atoms. The molecule has 0 aliphatic heterocycles. The lowest BCUT2D eigenvalue weighted by Crippen LogP contribution is -2.06. The smallest absolute Gasteiger partial charge is 0.394 e. The van der Waals surface area contributed by atoms with Gasteiger partial charge in [-0.2, -0.15) is 13.2 Å². The first-order valence-corrected chi connectivity index (χ1v) is 8.70. The van der Waals surface area contributed by atoms with Crippen molar-refractivity contribution in [2.24, 2.45) is 0 Å². The van der Waals surface area contributed by atoms with Crippen molar-refractivity contribution in [2.45, 2.75) is 12.9 Å². The zero-order valence-corrected chi connectivity index (χ0v) is 15.0. The fraction of sp³-hybridized carbons (Fsp3) is 0.211. The number of halogens is 3. The molecular formula is C19H16F3N5O2. The third-order valence-electron chi connectivity index (χ3n) is 4.26. The van der Waals surface area contributed by atoms with Crippen molar-refractivity contribution < 1.29 is 23.0 Å². The van der Waals surface area contributed by atoms with E-state index in [4.69, 9.17) is 9.84 Å². The molecule has 4 aromatic rings. The highest BCUT2D eigenvalue weighted by Crippen LogP contribution is 2.32. The van der Waals surface area contributed by atoms with Crippen molar-refractivity contribution in [2.75, 3.05) is 13.2 Å². The second kappa shape index (κ2) is 7.64. The number of hydrogen-bond acceptors (Lipinski definition) is 5. The first kappa shape index (κ1) is 19.1. The minimum absolute atomic E-state index is 0.0671. The van der Waals surface area contributed by atoms with Gasteiger partial charge in [-0.15, -0.1) is 5.10 Å². The van der Waals surface area contributed by atoms with Crippen LogP contribution in [0.25, 0.3) is 33.7 Å². The molecule has 4 rings (SSSR count). The summed E-state index contributed by atoms with van der Waals surface area (Å²) >= 11 is 0. The minimum Gasteiger partial charge on any atom is -0.394 e. The van der Waals surface area contributed by atoms with Gasteiger partial charge in [-0.25, -0.2) is 9.67 Å². The molecule has 0 unspecified atom stereocenters. The second-order valence-corrected chi connectivity index (χ2v) is 6.30. The summed E-state index contributed by atoms with van der Waals surface area (Å²) < 4.78 is 45.3. The lowest BCUT2D eigenvalue weighted by atomic mass is 10.1. The lowest BCUT2D eigenvalue weighted by Gasteiger charge is -2.05.